The van der Waals surface area contributed by atoms with E-state index in [1.807, 2.05) is 6.92 Å². The third-order valence-corrected chi connectivity index (χ3v) is 2.59. The number of aliphatic hydroxyl groups is 1. The molecule has 9 heteroatoms. The van der Waals surface area contributed by atoms with Crippen LogP contribution in [0.15, 0.2) is 12.7 Å². The van der Waals surface area contributed by atoms with E-state index in [4.69, 9.17) is 0 Å². The number of hydrogen-bond donors (Lipinski definition) is 3. The molecule has 1 unspecified atom stereocenters. The molecule has 0 fully saturated rings. The molecule has 0 aliphatic carbocycles. The van der Waals surface area contributed by atoms with Crippen molar-refractivity contribution in [2.24, 2.45) is 0 Å². The van der Waals surface area contributed by atoms with Gasteiger partial charge in [-0.3, -0.25) is 0 Å². The van der Waals surface area contributed by atoms with Gasteiger partial charge in [0, 0.05) is 13.6 Å². The number of nitrogens with one attached hydrogen (secondary N) is 2. The van der Waals surface area contributed by atoms with Crippen LogP contribution in [0.4, 0.5) is 11.9 Å². The molecule has 0 aliphatic rings. The van der Waals surface area contributed by atoms with Gasteiger partial charge in [-0.1, -0.05) is 13.3 Å². The number of nitrogens with zero attached hydrogens (tertiary/aromatic N) is 6. The van der Waals surface area contributed by atoms with Gasteiger partial charge in [0.25, 0.3) is 5.95 Å². The van der Waals surface area contributed by atoms with E-state index in [0.717, 1.165) is 12.8 Å². The minimum Gasteiger partial charge on any atom is -0.391 e. The summed E-state index contributed by atoms with van der Waals surface area (Å²) in [5.41, 5.74) is 0. The molecule has 108 valence electrons. The Labute approximate surface area is 116 Å². The van der Waals surface area contributed by atoms with Crippen LogP contribution >= 0.6 is 0 Å². The summed E-state index contributed by atoms with van der Waals surface area (Å²) in [5.74, 6) is 1.15. The third kappa shape index (κ3) is 3.60. The predicted molar refractivity (Wildman–Crippen MR) is 73.7 cm³/mol. The SMILES string of the molecule is CCCC(O)CNc1nc(NC)nc(-n2cncn2)n1. The Morgan fingerprint density at radius 1 is 1.30 bits per heavy atom. The average Bonchev–Trinajstić information content (AvgIpc) is 2.99. The van der Waals surface area contributed by atoms with Crippen LogP contribution in [0.3, 0.4) is 0 Å². The van der Waals surface area contributed by atoms with E-state index < -0.39 is 6.10 Å². The van der Waals surface area contributed by atoms with Crippen molar-refractivity contribution < 1.29 is 5.11 Å². The molecule has 2 rings (SSSR count). The summed E-state index contributed by atoms with van der Waals surface area (Å²) in [4.78, 5) is 16.4. The molecule has 3 N–H and O–H groups in total. The van der Waals surface area contributed by atoms with Gasteiger partial charge < -0.3 is 15.7 Å². The quantitative estimate of drug-likeness (QED) is 0.652. The van der Waals surface area contributed by atoms with Gasteiger partial charge in [-0.25, -0.2) is 4.98 Å². The molecule has 0 saturated carbocycles. The van der Waals surface area contributed by atoms with Crippen molar-refractivity contribution in [2.45, 2.75) is 25.9 Å². The standard InChI is InChI=1S/C11H18N8O/c1-3-4-8(20)5-14-10-16-9(12-2)17-11(18-10)19-7-13-6-15-19/h6-8,20H,3-5H2,1-2H3,(H2,12,14,16,17,18). The molecule has 0 saturated heterocycles. The summed E-state index contributed by atoms with van der Waals surface area (Å²) in [6, 6.07) is 0. The summed E-state index contributed by atoms with van der Waals surface area (Å²) >= 11 is 0. The van der Waals surface area contributed by atoms with Crippen LogP contribution in [0.1, 0.15) is 19.8 Å². The van der Waals surface area contributed by atoms with Crippen molar-refractivity contribution in [3.63, 3.8) is 0 Å². The van der Waals surface area contributed by atoms with E-state index in [0.29, 0.717) is 24.4 Å². The van der Waals surface area contributed by atoms with Crippen LogP contribution in [0, 0.1) is 0 Å². The highest BCUT2D eigenvalue weighted by molar-refractivity contribution is 5.37. The van der Waals surface area contributed by atoms with Gasteiger partial charge in [-0.15, -0.1) is 0 Å². The molecule has 0 radical (unpaired) electrons. The van der Waals surface area contributed by atoms with Gasteiger partial charge >= 0.3 is 0 Å². The Morgan fingerprint density at radius 2 is 2.10 bits per heavy atom. The van der Waals surface area contributed by atoms with Crippen molar-refractivity contribution in [2.75, 3.05) is 24.2 Å². The first-order valence-electron chi connectivity index (χ1n) is 6.43. The molecular weight excluding hydrogens is 260 g/mol. The predicted octanol–water partition coefficient (Wildman–Crippen LogP) is 0.0669. The average molecular weight is 278 g/mol. The molecule has 2 aromatic rings. The summed E-state index contributed by atoms with van der Waals surface area (Å²) in [7, 11) is 1.72. The van der Waals surface area contributed by atoms with Gasteiger partial charge in [0.05, 0.1) is 6.10 Å². The molecule has 0 bridgehead atoms. The summed E-state index contributed by atoms with van der Waals surface area (Å²) in [6.07, 6.45) is 4.13. The molecule has 1 atom stereocenters. The van der Waals surface area contributed by atoms with Crippen LogP contribution in [-0.2, 0) is 0 Å². The summed E-state index contributed by atoms with van der Waals surface area (Å²) < 4.78 is 1.44. The molecule has 2 heterocycles. The molecule has 0 amide bonds. The van der Waals surface area contributed by atoms with E-state index in [9.17, 15) is 5.11 Å². The highest BCUT2D eigenvalue weighted by atomic mass is 16.3. The van der Waals surface area contributed by atoms with E-state index >= 15 is 0 Å². The van der Waals surface area contributed by atoms with Crippen molar-refractivity contribution in [3.8, 4) is 5.95 Å². The molecule has 0 aromatic carbocycles. The molecule has 2 aromatic heterocycles. The van der Waals surface area contributed by atoms with Crippen LogP contribution in [-0.4, -0.2) is 54.5 Å². The minimum atomic E-state index is -0.426. The van der Waals surface area contributed by atoms with Crippen molar-refractivity contribution in [1.82, 2.24) is 29.7 Å². The van der Waals surface area contributed by atoms with Gasteiger partial charge in [0.15, 0.2) is 0 Å². The third-order valence-electron chi connectivity index (χ3n) is 2.59. The number of hydrogen-bond acceptors (Lipinski definition) is 8. The number of anilines is 2. The lowest BCUT2D eigenvalue weighted by atomic mass is 10.2. The smallest absolute Gasteiger partial charge is 0.258 e. The Morgan fingerprint density at radius 3 is 2.75 bits per heavy atom. The highest BCUT2D eigenvalue weighted by Crippen LogP contribution is 2.08. The van der Waals surface area contributed by atoms with Gasteiger partial charge in [0.1, 0.15) is 12.7 Å². The molecule has 9 nitrogen and oxygen atoms in total. The van der Waals surface area contributed by atoms with Crippen LogP contribution < -0.4 is 10.6 Å². The van der Waals surface area contributed by atoms with Crippen molar-refractivity contribution in [3.05, 3.63) is 12.7 Å². The van der Waals surface area contributed by atoms with E-state index in [1.54, 1.807) is 7.05 Å². The lowest BCUT2D eigenvalue weighted by molar-refractivity contribution is 0.176. The highest BCUT2D eigenvalue weighted by Gasteiger charge is 2.09. The molecule has 20 heavy (non-hydrogen) atoms. The Balaban J connectivity index is 2.14. The van der Waals surface area contributed by atoms with Gasteiger partial charge in [-0.2, -0.15) is 24.7 Å². The maximum Gasteiger partial charge on any atom is 0.258 e. The van der Waals surface area contributed by atoms with Gasteiger partial charge in [-0.05, 0) is 6.42 Å². The van der Waals surface area contributed by atoms with E-state index in [-0.39, 0.29) is 0 Å². The first-order chi connectivity index (χ1) is 9.72. The maximum absolute atomic E-state index is 9.71. The molecular formula is C11H18N8O. The first kappa shape index (κ1) is 14.1. The zero-order valence-electron chi connectivity index (χ0n) is 11.5. The number of aliphatic hydroxyl groups excluding tert-OH is 1. The Hall–Kier alpha value is -2.29. The minimum absolute atomic E-state index is 0.356. The van der Waals surface area contributed by atoms with Crippen LogP contribution in [0.25, 0.3) is 5.95 Å². The Kier molecular flexibility index (Phi) is 4.77. The first-order valence-corrected chi connectivity index (χ1v) is 6.43. The molecule has 0 aliphatic heterocycles. The Bertz CT molecular complexity index is 529. The second-order valence-corrected chi connectivity index (χ2v) is 4.20. The second kappa shape index (κ2) is 6.75. The van der Waals surface area contributed by atoms with E-state index in [2.05, 4.69) is 35.7 Å². The summed E-state index contributed by atoms with van der Waals surface area (Å²) in [6.45, 7) is 2.41. The summed E-state index contributed by atoms with van der Waals surface area (Å²) in [5, 5.41) is 19.5. The number of aromatic nitrogens is 6. The van der Waals surface area contributed by atoms with E-state index in [1.165, 1.54) is 17.3 Å². The number of rotatable bonds is 7. The zero-order chi connectivity index (χ0) is 14.4. The lowest BCUT2D eigenvalue weighted by Gasteiger charge is -2.11. The normalized spacial score (nSPS) is 12.2. The monoisotopic (exact) mass is 278 g/mol. The van der Waals surface area contributed by atoms with Crippen LogP contribution in [0.5, 0.6) is 0 Å². The van der Waals surface area contributed by atoms with Gasteiger partial charge in [0.2, 0.25) is 11.9 Å². The fraction of sp³-hybridized carbons (Fsp3) is 0.545. The zero-order valence-corrected chi connectivity index (χ0v) is 11.5. The second-order valence-electron chi connectivity index (χ2n) is 4.20. The van der Waals surface area contributed by atoms with Crippen molar-refractivity contribution >= 4 is 11.9 Å². The molecule has 0 spiro atoms. The maximum atomic E-state index is 9.71. The fourth-order valence-corrected chi connectivity index (χ4v) is 1.61. The van der Waals surface area contributed by atoms with Crippen LogP contribution in [0.2, 0.25) is 0 Å². The lowest BCUT2D eigenvalue weighted by Crippen LogP contribution is -2.21. The fourth-order valence-electron chi connectivity index (χ4n) is 1.61. The van der Waals surface area contributed by atoms with Crippen molar-refractivity contribution in [1.29, 1.82) is 0 Å². The largest absolute Gasteiger partial charge is 0.391 e. The topological polar surface area (TPSA) is 114 Å².